The van der Waals surface area contributed by atoms with Crippen molar-refractivity contribution in [3.05, 3.63) is 29.0 Å². The molecule has 0 saturated carbocycles. The molecule has 1 aromatic rings. The standard InChI is InChI=1S/C11H15ClFNO3S/c1-2-8(7-18(14,15)16)6-17-9-3-4-11(13)10(12)5-9/h3-5,8H,2,6-7H2,1H3,(H2,14,15,16). The van der Waals surface area contributed by atoms with Crippen LogP contribution in [0.2, 0.25) is 5.02 Å². The predicted octanol–water partition coefficient (Wildman–Crippen LogP) is 2.17. The normalized spacial score (nSPS) is 13.3. The second-order valence-electron chi connectivity index (χ2n) is 3.99. The summed E-state index contributed by atoms with van der Waals surface area (Å²) in [6.07, 6.45) is 0.616. The van der Waals surface area contributed by atoms with E-state index in [4.69, 9.17) is 21.5 Å². The van der Waals surface area contributed by atoms with Crippen LogP contribution in [0.1, 0.15) is 13.3 Å². The fraction of sp³-hybridized carbons (Fsp3) is 0.455. The van der Waals surface area contributed by atoms with Crippen LogP contribution in [0.5, 0.6) is 5.75 Å². The third kappa shape index (κ3) is 5.20. The van der Waals surface area contributed by atoms with Crippen molar-refractivity contribution in [2.24, 2.45) is 11.1 Å². The number of nitrogens with two attached hydrogens (primary N) is 1. The number of halogens is 2. The minimum Gasteiger partial charge on any atom is -0.493 e. The Bertz CT molecular complexity index is 507. The predicted molar refractivity (Wildman–Crippen MR) is 68.7 cm³/mol. The smallest absolute Gasteiger partial charge is 0.209 e. The van der Waals surface area contributed by atoms with E-state index in [1.807, 2.05) is 6.92 Å². The molecular weight excluding hydrogens is 281 g/mol. The lowest BCUT2D eigenvalue weighted by Crippen LogP contribution is -2.26. The van der Waals surface area contributed by atoms with E-state index in [2.05, 4.69) is 0 Å². The molecule has 1 atom stereocenters. The lowest BCUT2D eigenvalue weighted by molar-refractivity contribution is 0.257. The summed E-state index contributed by atoms with van der Waals surface area (Å²) in [6.45, 7) is 2.03. The van der Waals surface area contributed by atoms with E-state index < -0.39 is 15.8 Å². The molecule has 0 aliphatic carbocycles. The van der Waals surface area contributed by atoms with Crippen LogP contribution in [0.4, 0.5) is 4.39 Å². The zero-order valence-electron chi connectivity index (χ0n) is 9.90. The molecule has 0 aliphatic rings. The van der Waals surface area contributed by atoms with Crippen LogP contribution >= 0.6 is 11.6 Å². The lowest BCUT2D eigenvalue weighted by atomic mass is 10.1. The van der Waals surface area contributed by atoms with Crippen LogP contribution in [0, 0.1) is 11.7 Å². The fourth-order valence-electron chi connectivity index (χ4n) is 1.39. The Balaban J connectivity index is 2.60. The van der Waals surface area contributed by atoms with Gasteiger partial charge in [0.25, 0.3) is 0 Å². The van der Waals surface area contributed by atoms with Gasteiger partial charge in [0, 0.05) is 12.0 Å². The van der Waals surface area contributed by atoms with Crippen LogP contribution in [0.3, 0.4) is 0 Å². The SMILES string of the molecule is CCC(COc1ccc(F)c(Cl)c1)CS(N)(=O)=O. The molecule has 2 N–H and O–H groups in total. The van der Waals surface area contributed by atoms with Gasteiger partial charge < -0.3 is 4.74 Å². The number of primary sulfonamides is 1. The first-order valence-electron chi connectivity index (χ1n) is 5.40. The summed E-state index contributed by atoms with van der Waals surface area (Å²) in [7, 11) is -3.52. The van der Waals surface area contributed by atoms with Crippen LogP contribution in [-0.4, -0.2) is 20.8 Å². The van der Waals surface area contributed by atoms with Gasteiger partial charge in [0.2, 0.25) is 10.0 Å². The van der Waals surface area contributed by atoms with Gasteiger partial charge in [0.15, 0.2) is 0 Å². The molecule has 0 radical (unpaired) electrons. The maximum atomic E-state index is 12.9. The van der Waals surface area contributed by atoms with Crippen LogP contribution < -0.4 is 9.88 Å². The summed E-state index contributed by atoms with van der Waals surface area (Å²) >= 11 is 5.60. The second kappa shape index (κ2) is 6.36. The topological polar surface area (TPSA) is 69.4 Å². The Hall–Kier alpha value is -0.850. The molecular formula is C11H15ClFNO3S. The zero-order chi connectivity index (χ0) is 13.8. The Labute approximate surface area is 111 Å². The molecule has 0 aromatic heterocycles. The van der Waals surface area contributed by atoms with Gasteiger partial charge >= 0.3 is 0 Å². The molecule has 0 saturated heterocycles. The first-order valence-corrected chi connectivity index (χ1v) is 7.49. The minimum absolute atomic E-state index is 0.0352. The van der Waals surface area contributed by atoms with Gasteiger partial charge in [-0.3, -0.25) is 0 Å². The van der Waals surface area contributed by atoms with Crippen molar-refractivity contribution in [3.63, 3.8) is 0 Å². The van der Waals surface area contributed by atoms with Gasteiger partial charge in [-0.1, -0.05) is 18.5 Å². The molecule has 7 heteroatoms. The fourth-order valence-corrected chi connectivity index (χ4v) is 2.55. The summed E-state index contributed by atoms with van der Waals surface area (Å²) in [5.74, 6) is -0.475. The average molecular weight is 296 g/mol. The van der Waals surface area contributed by atoms with E-state index in [9.17, 15) is 12.8 Å². The Morgan fingerprint density at radius 2 is 2.17 bits per heavy atom. The summed E-state index contributed by atoms with van der Waals surface area (Å²) in [5.41, 5.74) is 0. The summed E-state index contributed by atoms with van der Waals surface area (Å²) in [5, 5.41) is 4.94. The molecule has 18 heavy (non-hydrogen) atoms. The van der Waals surface area contributed by atoms with Gasteiger partial charge in [-0.25, -0.2) is 17.9 Å². The van der Waals surface area contributed by atoms with E-state index in [-0.39, 0.29) is 23.3 Å². The number of rotatable bonds is 6. The van der Waals surface area contributed by atoms with E-state index in [1.54, 1.807) is 0 Å². The summed E-state index contributed by atoms with van der Waals surface area (Å²) < 4.78 is 40.2. The number of sulfonamides is 1. The number of hydrogen-bond donors (Lipinski definition) is 1. The van der Waals surface area contributed by atoms with Crippen LogP contribution in [-0.2, 0) is 10.0 Å². The lowest BCUT2D eigenvalue weighted by Gasteiger charge is -2.14. The maximum absolute atomic E-state index is 12.9. The average Bonchev–Trinajstić information content (AvgIpc) is 2.27. The highest BCUT2D eigenvalue weighted by molar-refractivity contribution is 7.89. The number of ether oxygens (including phenoxy) is 1. The van der Waals surface area contributed by atoms with Crippen molar-refractivity contribution in [2.45, 2.75) is 13.3 Å². The number of hydrogen-bond acceptors (Lipinski definition) is 3. The molecule has 0 amide bonds. The highest BCUT2D eigenvalue weighted by Crippen LogP contribution is 2.21. The Kier molecular flexibility index (Phi) is 5.37. The third-order valence-corrected chi connectivity index (χ3v) is 3.65. The summed E-state index contributed by atoms with van der Waals surface area (Å²) in [6, 6.07) is 3.98. The van der Waals surface area contributed by atoms with Gasteiger partial charge in [0.1, 0.15) is 11.6 Å². The molecule has 0 fully saturated rings. The van der Waals surface area contributed by atoms with E-state index in [1.165, 1.54) is 18.2 Å². The Morgan fingerprint density at radius 1 is 1.50 bits per heavy atom. The second-order valence-corrected chi connectivity index (χ2v) is 6.06. The molecule has 102 valence electrons. The monoisotopic (exact) mass is 295 g/mol. The van der Waals surface area contributed by atoms with Gasteiger partial charge in [-0.05, 0) is 18.6 Å². The van der Waals surface area contributed by atoms with Crippen molar-refractivity contribution >= 4 is 21.6 Å². The molecule has 1 rings (SSSR count). The van der Waals surface area contributed by atoms with Crippen LogP contribution in [0.15, 0.2) is 18.2 Å². The molecule has 0 bridgehead atoms. The quantitative estimate of drug-likeness (QED) is 0.874. The van der Waals surface area contributed by atoms with Crippen molar-refractivity contribution in [1.29, 1.82) is 0 Å². The van der Waals surface area contributed by atoms with E-state index in [0.29, 0.717) is 12.2 Å². The van der Waals surface area contributed by atoms with Crippen molar-refractivity contribution in [3.8, 4) is 5.75 Å². The van der Waals surface area contributed by atoms with Gasteiger partial charge in [-0.15, -0.1) is 0 Å². The van der Waals surface area contributed by atoms with Gasteiger partial charge in [-0.2, -0.15) is 0 Å². The molecule has 0 spiro atoms. The minimum atomic E-state index is -3.52. The molecule has 1 unspecified atom stereocenters. The highest BCUT2D eigenvalue weighted by atomic mass is 35.5. The molecule has 1 aromatic carbocycles. The Morgan fingerprint density at radius 3 is 2.67 bits per heavy atom. The maximum Gasteiger partial charge on any atom is 0.209 e. The first kappa shape index (κ1) is 15.2. The van der Waals surface area contributed by atoms with Crippen molar-refractivity contribution in [2.75, 3.05) is 12.4 Å². The highest BCUT2D eigenvalue weighted by Gasteiger charge is 2.15. The van der Waals surface area contributed by atoms with Crippen molar-refractivity contribution < 1.29 is 17.5 Å². The number of benzene rings is 1. The van der Waals surface area contributed by atoms with E-state index in [0.717, 1.165) is 0 Å². The largest absolute Gasteiger partial charge is 0.493 e. The van der Waals surface area contributed by atoms with Gasteiger partial charge in [0.05, 0.1) is 17.4 Å². The molecule has 0 heterocycles. The van der Waals surface area contributed by atoms with Crippen molar-refractivity contribution in [1.82, 2.24) is 0 Å². The third-order valence-electron chi connectivity index (χ3n) is 2.42. The molecule has 4 nitrogen and oxygen atoms in total. The summed E-state index contributed by atoms with van der Waals surface area (Å²) in [4.78, 5) is 0. The van der Waals surface area contributed by atoms with Crippen LogP contribution in [0.25, 0.3) is 0 Å². The first-order chi connectivity index (χ1) is 8.31. The molecule has 0 aliphatic heterocycles. The zero-order valence-corrected chi connectivity index (χ0v) is 11.5. The van der Waals surface area contributed by atoms with E-state index >= 15 is 0 Å².